The number of aromatic nitrogens is 3. The van der Waals surface area contributed by atoms with E-state index in [0.29, 0.717) is 12.2 Å². The maximum absolute atomic E-state index is 11.3. The van der Waals surface area contributed by atoms with Crippen molar-refractivity contribution in [2.45, 2.75) is 13.1 Å². The largest absolute Gasteiger partial charge is 0.480 e. The van der Waals surface area contributed by atoms with Gasteiger partial charge in [0.15, 0.2) is 0 Å². The van der Waals surface area contributed by atoms with Crippen LogP contribution in [0.5, 0.6) is 0 Å². The monoisotopic (exact) mass is 251 g/mol. The second kappa shape index (κ2) is 7.03. The number of carboxylic acid groups (broad SMARTS) is 1. The molecule has 0 saturated heterocycles. The summed E-state index contributed by atoms with van der Waals surface area (Å²) in [4.78, 5) is 21.7. The first-order valence-electron chi connectivity index (χ1n) is 5.13. The van der Waals surface area contributed by atoms with Crippen LogP contribution in [0.25, 0.3) is 0 Å². The van der Waals surface area contributed by atoms with Gasteiger partial charge in [-0.25, -0.2) is 4.68 Å². The molecule has 0 radical (unpaired) electrons. The number of terminal acetylenes is 1. The first kappa shape index (κ1) is 13.7. The minimum absolute atomic E-state index is 0.119. The highest BCUT2D eigenvalue weighted by atomic mass is 16.4. The molecule has 0 saturated carbocycles. The van der Waals surface area contributed by atoms with Crippen molar-refractivity contribution >= 4 is 11.9 Å². The van der Waals surface area contributed by atoms with Crippen LogP contribution in [0.15, 0.2) is 6.20 Å². The summed E-state index contributed by atoms with van der Waals surface area (Å²) in [7, 11) is 0. The van der Waals surface area contributed by atoms with Gasteiger partial charge < -0.3 is 10.4 Å². The third kappa shape index (κ3) is 5.09. The fourth-order valence-corrected chi connectivity index (χ4v) is 1.14. The van der Waals surface area contributed by atoms with Gasteiger partial charge in [0.1, 0.15) is 12.2 Å². The molecular formula is C10H13N5O3. The SMILES string of the molecule is C#CCNCC(=O)NCc1cn(CC(=O)O)nn1. The van der Waals surface area contributed by atoms with Crippen molar-refractivity contribution in [2.24, 2.45) is 0 Å². The lowest BCUT2D eigenvalue weighted by Gasteiger charge is -2.02. The second-order valence-electron chi connectivity index (χ2n) is 3.39. The van der Waals surface area contributed by atoms with Gasteiger partial charge in [0.2, 0.25) is 5.91 Å². The molecule has 1 heterocycles. The molecule has 0 aromatic carbocycles. The molecule has 0 atom stereocenters. The molecule has 0 aliphatic rings. The normalized spacial score (nSPS) is 9.72. The van der Waals surface area contributed by atoms with E-state index < -0.39 is 5.97 Å². The van der Waals surface area contributed by atoms with Crippen LogP contribution < -0.4 is 10.6 Å². The molecule has 0 spiro atoms. The Morgan fingerprint density at radius 3 is 3.00 bits per heavy atom. The highest BCUT2D eigenvalue weighted by molar-refractivity contribution is 5.77. The summed E-state index contributed by atoms with van der Waals surface area (Å²) in [6.45, 7) is 0.372. The van der Waals surface area contributed by atoms with Crippen molar-refractivity contribution in [1.82, 2.24) is 25.6 Å². The molecule has 0 unspecified atom stereocenters. The molecule has 1 aromatic heterocycles. The van der Waals surface area contributed by atoms with E-state index in [1.165, 1.54) is 10.9 Å². The zero-order valence-corrected chi connectivity index (χ0v) is 9.59. The number of rotatable bonds is 7. The minimum Gasteiger partial charge on any atom is -0.480 e. The number of nitrogens with zero attached hydrogens (tertiary/aromatic N) is 3. The van der Waals surface area contributed by atoms with Gasteiger partial charge in [-0.2, -0.15) is 0 Å². The van der Waals surface area contributed by atoms with Crippen molar-refractivity contribution in [1.29, 1.82) is 0 Å². The van der Waals surface area contributed by atoms with Gasteiger partial charge in [-0.1, -0.05) is 11.1 Å². The lowest BCUT2D eigenvalue weighted by molar-refractivity contribution is -0.138. The van der Waals surface area contributed by atoms with Gasteiger partial charge in [-0.15, -0.1) is 11.5 Å². The Hall–Kier alpha value is -2.40. The van der Waals surface area contributed by atoms with E-state index in [9.17, 15) is 9.59 Å². The fraction of sp³-hybridized carbons (Fsp3) is 0.400. The van der Waals surface area contributed by atoms with Crippen LogP contribution in [0.1, 0.15) is 5.69 Å². The molecule has 3 N–H and O–H groups in total. The molecule has 96 valence electrons. The number of carboxylic acids is 1. The second-order valence-corrected chi connectivity index (χ2v) is 3.39. The summed E-state index contributed by atoms with van der Waals surface area (Å²) in [6.07, 6.45) is 6.47. The number of hydrogen-bond acceptors (Lipinski definition) is 5. The first-order chi connectivity index (χ1) is 8.61. The molecule has 1 amide bonds. The van der Waals surface area contributed by atoms with Crippen molar-refractivity contribution in [3.63, 3.8) is 0 Å². The highest BCUT2D eigenvalue weighted by Crippen LogP contribution is 1.92. The number of carbonyl (C=O) groups excluding carboxylic acids is 1. The molecule has 0 bridgehead atoms. The van der Waals surface area contributed by atoms with Crippen molar-refractivity contribution < 1.29 is 14.7 Å². The number of amides is 1. The van der Waals surface area contributed by atoms with Crippen LogP contribution in [0.3, 0.4) is 0 Å². The Kier molecular flexibility index (Phi) is 5.34. The molecule has 18 heavy (non-hydrogen) atoms. The summed E-state index contributed by atoms with van der Waals surface area (Å²) in [5.74, 6) is 1.12. The van der Waals surface area contributed by atoms with Crippen LogP contribution in [-0.4, -0.2) is 45.1 Å². The van der Waals surface area contributed by atoms with E-state index in [2.05, 4.69) is 26.9 Å². The van der Waals surface area contributed by atoms with E-state index >= 15 is 0 Å². The zero-order chi connectivity index (χ0) is 13.4. The molecule has 0 aliphatic carbocycles. The molecule has 8 heteroatoms. The lowest BCUT2D eigenvalue weighted by atomic mass is 10.4. The number of nitrogens with one attached hydrogen (secondary N) is 2. The van der Waals surface area contributed by atoms with E-state index in [-0.39, 0.29) is 25.5 Å². The van der Waals surface area contributed by atoms with Crippen molar-refractivity contribution in [2.75, 3.05) is 13.1 Å². The minimum atomic E-state index is -1.01. The predicted molar refractivity (Wildman–Crippen MR) is 61.2 cm³/mol. The van der Waals surface area contributed by atoms with Crippen LogP contribution in [0, 0.1) is 12.3 Å². The Balaban J connectivity index is 2.30. The lowest BCUT2D eigenvalue weighted by Crippen LogP contribution is -2.33. The Morgan fingerprint density at radius 1 is 1.56 bits per heavy atom. The maximum atomic E-state index is 11.3. The van der Waals surface area contributed by atoms with Crippen LogP contribution in [0.4, 0.5) is 0 Å². The van der Waals surface area contributed by atoms with E-state index in [4.69, 9.17) is 11.5 Å². The van der Waals surface area contributed by atoms with Gasteiger partial charge in [0, 0.05) is 0 Å². The molecule has 1 rings (SSSR count). The molecular weight excluding hydrogens is 238 g/mol. The third-order valence-electron chi connectivity index (χ3n) is 1.86. The topological polar surface area (TPSA) is 109 Å². The average molecular weight is 251 g/mol. The van der Waals surface area contributed by atoms with E-state index in [0.717, 1.165) is 0 Å². The van der Waals surface area contributed by atoms with E-state index in [1.807, 2.05) is 0 Å². The standard InChI is InChI=1S/C10H13N5O3/c1-2-3-11-5-9(16)12-4-8-6-15(14-13-8)7-10(17)18/h1,6,11H,3-5,7H2,(H,12,16)(H,17,18). The molecule has 0 aliphatic heterocycles. The van der Waals surface area contributed by atoms with Gasteiger partial charge in [0.05, 0.1) is 25.8 Å². The summed E-state index contributed by atoms with van der Waals surface area (Å²) in [5, 5.41) is 21.2. The fourth-order valence-electron chi connectivity index (χ4n) is 1.14. The van der Waals surface area contributed by atoms with Crippen LogP contribution >= 0.6 is 0 Å². The summed E-state index contributed by atoms with van der Waals surface area (Å²) >= 11 is 0. The quantitative estimate of drug-likeness (QED) is 0.390. The summed E-state index contributed by atoms with van der Waals surface area (Å²) in [6, 6.07) is 0. The Morgan fingerprint density at radius 2 is 2.33 bits per heavy atom. The van der Waals surface area contributed by atoms with Crippen molar-refractivity contribution in [3.05, 3.63) is 11.9 Å². The first-order valence-corrected chi connectivity index (χ1v) is 5.13. The van der Waals surface area contributed by atoms with Gasteiger partial charge in [-0.3, -0.25) is 14.9 Å². The third-order valence-corrected chi connectivity index (χ3v) is 1.86. The average Bonchev–Trinajstić information content (AvgIpc) is 2.73. The molecule has 8 nitrogen and oxygen atoms in total. The summed E-state index contributed by atoms with van der Waals surface area (Å²) < 4.78 is 1.18. The van der Waals surface area contributed by atoms with Crippen LogP contribution in [0.2, 0.25) is 0 Å². The Labute approximate surface area is 103 Å². The Bertz CT molecular complexity index is 462. The summed E-state index contributed by atoms with van der Waals surface area (Å²) in [5.41, 5.74) is 0.488. The number of aliphatic carboxylic acids is 1. The van der Waals surface area contributed by atoms with Crippen molar-refractivity contribution in [3.8, 4) is 12.3 Å². The van der Waals surface area contributed by atoms with Gasteiger partial charge >= 0.3 is 5.97 Å². The zero-order valence-electron chi connectivity index (χ0n) is 9.59. The smallest absolute Gasteiger partial charge is 0.325 e. The van der Waals surface area contributed by atoms with Gasteiger partial charge in [-0.05, 0) is 0 Å². The maximum Gasteiger partial charge on any atom is 0.325 e. The highest BCUT2D eigenvalue weighted by Gasteiger charge is 2.05. The predicted octanol–water partition coefficient (Wildman–Crippen LogP) is -1.80. The van der Waals surface area contributed by atoms with Crippen LogP contribution in [-0.2, 0) is 22.7 Å². The molecule has 1 aromatic rings. The molecule has 0 fully saturated rings. The van der Waals surface area contributed by atoms with E-state index in [1.54, 1.807) is 0 Å². The number of hydrogen-bond donors (Lipinski definition) is 3. The van der Waals surface area contributed by atoms with Gasteiger partial charge in [0.25, 0.3) is 0 Å². The number of carbonyl (C=O) groups is 2.